The molecule has 1 aliphatic carbocycles. The molecule has 2 atom stereocenters. The Morgan fingerprint density at radius 1 is 1.14 bits per heavy atom. The second kappa shape index (κ2) is 7.44. The van der Waals surface area contributed by atoms with E-state index >= 15 is 0 Å². The van der Waals surface area contributed by atoms with Crippen molar-refractivity contribution in [3.63, 3.8) is 0 Å². The van der Waals surface area contributed by atoms with Crippen LogP contribution in [0.15, 0.2) is 0 Å². The summed E-state index contributed by atoms with van der Waals surface area (Å²) in [5.74, 6) is 0.752. The maximum absolute atomic E-state index is 12.7. The third-order valence-corrected chi connectivity index (χ3v) is 5.11. The molecule has 0 aromatic rings. The molecule has 0 spiro atoms. The molecule has 1 heterocycles. The lowest BCUT2D eigenvalue weighted by molar-refractivity contribution is -0.144. The predicted molar refractivity (Wildman–Crippen MR) is 85.3 cm³/mol. The molecule has 0 radical (unpaired) electrons. The highest BCUT2D eigenvalue weighted by Crippen LogP contribution is 2.31. The van der Waals surface area contributed by atoms with E-state index in [1.807, 2.05) is 13.8 Å². The molecule has 0 aromatic heterocycles. The molecule has 5 heteroatoms. The van der Waals surface area contributed by atoms with Crippen LogP contribution in [0.2, 0.25) is 0 Å². The van der Waals surface area contributed by atoms with Gasteiger partial charge in [0.15, 0.2) is 0 Å². The molecule has 1 saturated carbocycles. The second-order valence-corrected chi connectivity index (χ2v) is 7.19. The lowest BCUT2D eigenvalue weighted by Gasteiger charge is -2.40. The van der Waals surface area contributed by atoms with E-state index in [4.69, 9.17) is 4.74 Å². The molecule has 1 amide bonds. The van der Waals surface area contributed by atoms with Crippen LogP contribution in [0.3, 0.4) is 0 Å². The molecule has 1 N–H and O–H groups in total. The lowest BCUT2D eigenvalue weighted by atomic mass is 9.85. The zero-order chi connectivity index (χ0) is 16.3. The van der Waals surface area contributed by atoms with Gasteiger partial charge in [0, 0.05) is 24.5 Å². The second-order valence-electron chi connectivity index (χ2n) is 7.19. The fourth-order valence-electron chi connectivity index (χ4n) is 3.73. The van der Waals surface area contributed by atoms with Gasteiger partial charge in [0.05, 0.1) is 7.11 Å². The van der Waals surface area contributed by atoms with E-state index in [2.05, 4.69) is 17.1 Å². The van der Waals surface area contributed by atoms with Crippen LogP contribution in [0.5, 0.6) is 0 Å². The van der Waals surface area contributed by atoms with Crippen molar-refractivity contribution >= 4 is 11.9 Å². The Morgan fingerprint density at radius 3 is 2.32 bits per heavy atom. The third-order valence-electron chi connectivity index (χ3n) is 5.11. The first-order chi connectivity index (χ1) is 10.4. The van der Waals surface area contributed by atoms with Gasteiger partial charge in [-0.2, -0.15) is 0 Å². The van der Waals surface area contributed by atoms with Crippen LogP contribution in [0.25, 0.3) is 0 Å². The van der Waals surface area contributed by atoms with Crippen molar-refractivity contribution in [3.8, 4) is 0 Å². The van der Waals surface area contributed by atoms with Gasteiger partial charge in [-0.3, -0.25) is 9.59 Å². The maximum atomic E-state index is 12.7. The molecule has 2 fully saturated rings. The van der Waals surface area contributed by atoms with Gasteiger partial charge in [-0.05, 0) is 38.0 Å². The predicted octanol–water partition coefficient (Wildman–Crippen LogP) is 1.95. The standard InChI is InChI=1S/C17H30N2O3/c1-11(2)16(20)19(13-7-5-12(3)6-8-13)14-9-15(18-10-14)17(21)22-4/h11-15,18H,5-10H2,1-4H3/t12-,13+,14-,15-/m0/s1. The van der Waals surface area contributed by atoms with Crippen LogP contribution < -0.4 is 5.32 Å². The van der Waals surface area contributed by atoms with Gasteiger partial charge in [-0.25, -0.2) is 0 Å². The zero-order valence-electron chi connectivity index (χ0n) is 14.3. The van der Waals surface area contributed by atoms with Gasteiger partial charge in [0.2, 0.25) is 5.91 Å². The number of nitrogens with zero attached hydrogens (tertiary/aromatic N) is 1. The van der Waals surface area contributed by atoms with Gasteiger partial charge < -0.3 is 15.0 Å². The summed E-state index contributed by atoms with van der Waals surface area (Å²) in [6.07, 6.45) is 5.20. The Labute approximate surface area is 133 Å². The number of ether oxygens (including phenoxy) is 1. The van der Waals surface area contributed by atoms with Gasteiger partial charge in [0.1, 0.15) is 6.04 Å². The number of hydrogen-bond acceptors (Lipinski definition) is 4. The smallest absolute Gasteiger partial charge is 0.322 e. The molecular weight excluding hydrogens is 280 g/mol. The SMILES string of the molecule is COC(=O)[C@@H]1C[C@H](N(C(=O)C(C)C)[C@H]2CC[C@@H](C)CC2)CN1. The summed E-state index contributed by atoms with van der Waals surface area (Å²) in [5.41, 5.74) is 0. The first-order valence-electron chi connectivity index (χ1n) is 8.57. The number of carbonyl (C=O) groups is 2. The molecule has 0 unspecified atom stereocenters. The van der Waals surface area contributed by atoms with Gasteiger partial charge in [-0.1, -0.05) is 20.8 Å². The molecule has 2 rings (SSSR count). The Kier molecular flexibility index (Phi) is 5.84. The van der Waals surface area contributed by atoms with E-state index in [1.54, 1.807) is 0 Å². The maximum Gasteiger partial charge on any atom is 0.322 e. The molecule has 1 saturated heterocycles. The fourth-order valence-corrected chi connectivity index (χ4v) is 3.73. The molecule has 1 aliphatic heterocycles. The van der Waals surface area contributed by atoms with E-state index in [0.29, 0.717) is 19.0 Å². The molecular formula is C17H30N2O3. The van der Waals surface area contributed by atoms with Crippen molar-refractivity contribution in [2.45, 2.75) is 71.0 Å². The van der Waals surface area contributed by atoms with Crippen LogP contribution in [-0.2, 0) is 14.3 Å². The van der Waals surface area contributed by atoms with Gasteiger partial charge in [0.25, 0.3) is 0 Å². The van der Waals surface area contributed by atoms with Crippen molar-refractivity contribution in [1.29, 1.82) is 0 Å². The minimum Gasteiger partial charge on any atom is -0.468 e. The summed E-state index contributed by atoms with van der Waals surface area (Å²) in [6.45, 7) is 6.89. The fraction of sp³-hybridized carbons (Fsp3) is 0.882. The summed E-state index contributed by atoms with van der Waals surface area (Å²) in [4.78, 5) is 26.5. The normalized spacial score (nSPS) is 32.0. The zero-order valence-corrected chi connectivity index (χ0v) is 14.3. The molecule has 2 aliphatic rings. The summed E-state index contributed by atoms with van der Waals surface area (Å²) in [7, 11) is 1.41. The molecule has 126 valence electrons. The average molecular weight is 310 g/mol. The van der Waals surface area contributed by atoms with E-state index in [9.17, 15) is 9.59 Å². The van der Waals surface area contributed by atoms with E-state index in [0.717, 1.165) is 18.8 Å². The minimum atomic E-state index is -0.278. The Balaban J connectivity index is 2.08. The van der Waals surface area contributed by atoms with Crippen LogP contribution in [0, 0.1) is 11.8 Å². The highest BCUT2D eigenvalue weighted by Gasteiger charge is 2.39. The van der Waals surface area contributed by atoms with Crippen LogP contribution in [-0.4, -0.2) is 48.6 Å². The number of amides is 1. The molecule has 22 heavy (non-hydrogen) atoms. The monoisotopic (exact) mass is 310 g/mol. The van der Waals surface area contributed by atoms with Crippen molar-refractivity contribution in [2.24, 2.45) is 11.8 Å². The summed E-state index contributed by atoms with van der Waals surface area (Å²) < 4.78 is 4.82. The minimum absolute atomic E-state index is 0.00322. The van der Waals surface area contributed by atoms with Crippen molar-refractivity contribution in [1.82, 2.24) is 10.2 Å². The van der Waals surface area contributed by atoms with Crippen molar-refractivity contribution in [3.05, 3.63) is 0 Å². The van der Waals surface area contributed by atoms with Gasteiger partial charge >= 0.3 is 5.97 Å². The van der Waals surface area contributed by atoms with E-state index < -0.39 is 0 Å². The highest BCUT2D eigenvalue weighted by molar-refractivity contribution is 5.80. The van der Waals surface area contributed by atoms with E-state index in [-0.39, 0.29) is 29.9 Å². The molecule has 5 nitrogen and oxygen atoms in total. The first-order valence-corrected chi connectivity index (χ1v) is 8.57. The Hall–Kier alpha value is -1.10. The van der Waals surface area contributed by atoms with Crippen LogP contribution in [0.1, 0.15) is 52.9 Å². The molecule has 0 bridgehead atoms. The molecule has 0 aromatic carbocycles. The summed E-state index contributed by atoms with van der Waals surface area (Å²) in [6, 6.07) is 0.159. The topological polar surface area (TPSA) is 58.6 Å². The Morgan fingerprint density at radius 2 is 1.77 bits per heavy atom. The quantitative estimate of drug-likeness (QED) is 0.806. The Bertz CT molecular complexity index is 403. The number of hydrogen-bond donors (Lipinski definition) is 1. The highest BCUT2D eigenvalue weighted by atomic mass is 16.5. The van der Waals surface area contributed by atoms with Gasteiger partial charge in [-0.15, -0.1) is 0 Å². The van der Waals surface area contributed by atoms with Crippen molar-refractivity contribution < 1.29 is 14.3 Å². The average Bonchev–Trinajstić information content (AvgIpc) is 2.98. The first kappa shape index (κ1) is 17.3. The summed E-state index contributed by atoms with van der Waals surface area (Å²) in [5, 5.41) is 3.21. The van der Waals surface area contributed by atoms with E-state index in [1.165, 1.54) is 20.0 Å². The number of methoxy groups -OCH3 is 1. The number of nitrogens with one attached hydrogen (secondary N) is 1. The largest absolute Gasteiger partial charge is 0.468 e. The summed E-state index contributed by atoms with van der Waals surface area (Å²) >= 11 is 0. The number of esters is 1. The number of rotatable bonds is 4. The van der Waals surface area contributed by atoms with Crippen molar-refractivity contribution in [2.75, 3.05) is 13.7 Å². The number of carbonyl (C=O) groups excluding carboxylic acids is 2. The third kappa shape index (κ3) is 3.80. The van der Waals surface area contributed by atoms with Crippen LogP contribution >= 0.6 is 0 Å². The lowest BCUT2D eigenvalue weighted by Crippen LogP contribution is -2.50. The van der Waals surface area contributed by atoms with Crippen LogP contribution in [0.4, 0.5) is 0 Å².